The van der Waals surface area contributed by atoms with Crippen molar-refractivity contribution < 1.29 is 5.11 Å². The SMILES string of the molecule is C[Si](C)(C)CC[Si](C)(C)CC[Si](C)(C)CO. The topological polar surface area (TPSA) is 20.2 Å². The van der Waals surface area contributed by atoms with E-state index in [9.17, 15) is 5.11 Å². The van der Waals surface area contributed by atoms with Crippen molar-refractivity contribution in [3.8, 4) is 0 Å². The standard InChI is InChI=1S/C12H32OSi3/c1-14(2,3)8-9-15(4,5)10-11-16(6,7)12-13/h13H,8-12H2,1-7H3. The van der Waals surface area contributed by atoms with Crippen LogP contribution in [0.2, 0.25) is 70.0 Å². The van der Waals surface area contributed by atoms with E-state index >= 15 is 0 Å². The first-order valence-electron chi connectivity index (χ1n) is 6.58. The highest BCUT2D eigenvalue weighted by molar-refractivity contribution is 6.84. The van der Waals surface area contributed by atoms with Gasteiger partial charge in [0, 0.05) is 22.4 Å². The van der Waals surface area contributed by atoms with Gasteiger partial charge < -0.3 is 5.11 Å². The van der Waals surface area contributed by atoms with Crippen molar-refractivity contribution >= 4 is 24.2 Å². The van der Waals surface area contributed by atoms with Crippen LogP contribution in [0, 0.1) is 0 Å². The first-order chi connectivity index (χ1) is 6.97. The molecule has 0 saturated heterocycles. The summed E-state index contributed by atoms with van der Waals surface area (Å²) < 4.78 is 0. The van der Waals surface area contributed by atoms with E-state index in [0.717, 1.165) is 0 Å². The predicted molar refractivity (Wildman–Crippen MR) is 84.6 cm³/mol. The van der Waals surface area contributed by atoms with E-state index in [1.165, 1.54) is 24.2 Å². The Bertz CT molecular complexity index is 207. The minimum absolute atomic E-state index is 0.464. The number of aliphatic hydroxyl groups is 1. The third-order valence-corrected chi connectivity index (χ3v) is 11.9. The van der Waals surface area contributed by atoms with Crippen LogP contribution in [0.25, 0.3) is 0 Å². The van der Waals surface area contributed by atoms with E-state index < -0.39 is 24.2 Å². The van der Waals surface area contributed by atoms with E-state index in [1.807, 2.05) is 0 Å². The molecule has 0 aliphatic heterocycles. The Kier molecular flexibility index (Phi) is 6.21. The molecule has 0 aromatic heterocycles. The van der Waals surface area contributed by atoms with Crippen LogP contribution in [0.1, 0.15) is 0 Å². The lowest BCUT2D eigenvalue weighted by molar-refractivity contribution is 0.358. The van der Waals surface area contributed by atoms with Crippen LogP contribution in [-0.2, 0) is 0 Å². The molecule has 16 heavy (non-hydrogen) atoms. The van der Waals surface area contributed by atoms with Gasteiger partial charge in [0.05, 0.1) is 8.07 Å². The molecule has 0 radical (unpaired) electrons. The number of aliphatic hydroxyl groups excluding tert-OH is 1. The molecule has 0 fully saturated rings. The zero-order chi connectivity index (χ0) is 13.0. The van der Waals surface area contributed by atoms with E-state index in [-0.39, 0.29) is 0 Å². The Hall–Kier alpha value is 0.611. The van der Waals surface area contributed by atoms with E-state index in [4.69, 9.17) is 0 Å². The van der Waals surface area contributed by atoms with Gasteiger partial charge in [-0.25, -0.2) is 0 Å². The van der Waals surface area contributed by atoms with Gasteiger partial charge in [-0.2, -0.15) is 0 Å². The molecule has 1 N–H and O–H groups in total. The van der Waals surface area contributed by atoms with Crippen molar-refractivity contribution in [3.05, 3.63) is 0 Å². The molecular weight excluding hydrogens is 244 g/mol. The lowest BCUT2D eigenvalue weighted by Gasteiger charge is -2.29. The zero-order valence-corrected chi connectivity index (χ0v) is 15.5. The normalized spacial score (nSPS) is 14.2. The van der Waals surface area contributed by atoms with Crippen LogP contribution < -0.4 is 0 Å². The predicted octanol–water partition coefficient (Wildman–Crippen LogP) is 4.27. The average molecular weight is 277 g/mol. The van der Waals surface area contributed by atoms with Gasteiger partial charge >= 0.3 is 0 Å². The minimum Gasteiger partial charge on any atom is -0.400 e. The van der Waals surface area contributed by atoms with Gasteiger partial charge in [0.15, 0.2) is 0 Å². The number of rotatable bonds is 7. The molecule has 0 aromatic rings. The largest absolute Gasteiger partial charge is 0.400 e. The van der Waals surface area contributed by atoms with Crippen LogP contribution in [0.3, 0.4) is 0 Å². The van der Waals surface area contributed by atoms with Crippen LogP contribution in [-0.4, -0.2) is 35.6 Å². The molecule has 0 unspecified atom stereocenters. The van der Waals surface area contributed by atoms with Crippen molar-refractivity contribution in [1.29, 1.82) is 0 Å². The summed E-state index contributed by atoms with van der Waals surface area (Å²) in [6.07, 6.45) is 0.464. The monoisotopic (exact) mass is 276 g/mol. The molecule has 0 aliphatic rings. The second kappa shape index (κ2) is 5.98. The highest BCUT2D eigenvalue weighted by Crippen LogP contribution is 2.27. The van der Waals surface area contributed by atoms with E-state index in [0.29, 0.717) is 6.23 Å². The minimum atomic E-state index is -1.26. The van der Waals surface area contributed by atoms with Crippen molar-refractivity contribution in [2.75, 3.05) is 6.23 Å². The summed E-state index contributed by atoms with van der Waals surface area (Å²) in [7, 11) is -3.09. The highest BCUT2D eigenvalue weighted by atomic mass is 28.3. The number of hydrogen-bond donors (Lipinski definition) is 1. The van der Waals surface area contributed by atoms with Crippen molar-refractivity contribution in [1.82, 2.24) is 0 Å². The van der Waals surface area contributed by atoms with E-state index in [1.54, 1.807) is 0 Å². The molecule has 98 valence electrons. The van der Waals surface area contributed by atoms with Gasteiger partial charge in [-0.1, -0.05) is 70.0 Å². The quantitative estimate of drug-likeness (QED) is 0.688. The third-order valence-electron chi connectivity index (χ3n) is 3.46. The molecule has 0 rings (SSSR count). The fraction of sp³-hybridized carbons (Fsp3) is 1.00. The molecule has 0 saturated carbocycles. The maximum atomic E-state index is 9.33. The van der Waals surface area contributed by atoms with Gasteiger partial charge in [0.25, 0.3) is 0 Å². The van der Waals surface area contributed by atoms with Gasteiger partial charge in [-0.05, 0) is 0 Å². The lowest BCUT2D eigenvalue weighted by Crippen LogP contribution is -2.36. The van der Waals surface area contributed by atoms with Crippen LogP contribution in [0.4, 0.5) is 0 Å². The molecule has 1 nitrogen and oxygen atoms in total. The fourth-order valence-electron chi connectivity index (χ4n) is 1.59. The van der Waals surface area contributed by atoms with Gasteiger partial charge in [0.1, 0.15) is 0 Å². The fourth-order valence-corrected chi connectivity index (χ4v) is 13.1. The van der Waals surface area contributed by atoms with Gasteiger partial charge in [-0.3, -0.25) is 0 Å². The van der Waals surface area contributed by atoms with Gasteiger partial charge in [0.2, 0.25) is 0 Å². The Labute approximate surface area is 106 Å². The molecule has 0 bridgehead atoms. The maximum Gasteiger partial charge on any atom is 0.0770 e. The van der Waals surface area contributed by atoms with Gasteiger partial charge in [-0.15, -0.1) is 0 Å². The second-order valence-electron chi connectivity index (χ2n) is 8.05. The molecule has 0 aliphatic carbocycles. The highest BCUT2D eigenvalue weighted by Gasteiger charge is 2.28. The van der Waals surface area contributed by atoms with Crippen LogP contribution >= 0.6 is 0 Å². The summed E-state index contributed by atoms with van der Waals surface area (Å²) >= 11 is 0. The summed E-state index contributed by atoms with van der Waals surface area (Å²) in [5, 5.41) is 9.33. The molecule has 4 heteroatoms. The summed E-state index contributed by atoms with van der Waals surface area (Å²) in [6.45, 7) is 17.1. The molecule has 0 heterocycles. The first kappa shape index (κ1) is 16.6. The molecular formula is C12H32OSi3. The maximum absolute atomic E-state index is 9.33. The van der Waals surface area contributed by atoms with Crippen molar-refractivity contribution in [2.24, 2.45) is 0 Å². The zero-order valence-electron chi connectivity index (χ0n) is 12.5. The molecule has 0 atom stereocenters. The van der Waals surface area contributed by atoms with Crippen molar-refractivity contribution in [3.63, 3.8) is 0 Å². The van der Waals surface area contributed by atoms with E-state index in [2.05, 4.69) is 45.8 Å². The lowest BCUT2D eigenvalue weighted by atomic mass is 10.9. The smallest absolute Gasteiger partial charge is 0.0770 e. The molecule has 0 aromatic carbocycles. The molecule has 0 spiro atoms. The summed E-state index contributed by atoms with van der Waals surface area (Å²) in [6, 6.07) is 5.75. The summed E-state index contributed by atoms with van der Waals surface area (Å²) in [5.41, 5.74) is 0. The first-order valence-corrected chi connectivity index (χ1v) is 17.1. The Morgan fingerprint density at radius 3 is 1.38 bits per heavy atom. The Balaban J connectivity index is 4.06. The summed E-state index contributed by atoms with van der Waals surface area (Å²) in [4.78, 5) is 0. The molecule has 0 amide bonds. The van der Waals surface area contributed by atoms with Crippen LogP contribution in [0.15, 0.2) is 0 Å². The number of hydrogen-bond acceptors (Lipinski definition) is 1. The summed E-state index contributed by atoms with van der Waals surface area (Å²) in [5.74, 6) is 0. The second-order valence-corrected chi connectivity index (χ2v) is 24.1. The Morgan fingerprint density at radius 2 is 1.00 bits per heavy atom. The van der Waals surface area contributed by atoms with Crippen molar-refractivity contribution in [2.45, 2.75) is 70.0 Å². The average Bonchev–Trinajstić information content (AvgIpc) is 2.12. The third kappa shape index (κ3) is 8.73. The van der Waals surface area contributed by atoms with Crippen LogP contribution in [0.5, 0.6) is 0 Å². The Morgan fingerprint density at radius 1 is 0.625 bits per heavy atom.